The van der Waals surface area contributed by atoms with Crippen LogP contribution in [0.1, 0.15) is 5.56 Å². The first-order valence-electron chi connectivity index (χ1n) is 5.73. The highest BCUT2D eigenvalue weighted by atomic mass is 28.3. The first kappa shape index (κ1) is 13.4. The van der Waals surface area contributed by atoms with E-state index < -0.39 is 8.07 Å². The molecule has 0 aliphatic heterocycles. The van der Waals surface area contributed by atoms with Crippen molar-refractivity contribution in [2.24, 2.45) is 0 Å². The lowest BCUT2D eigenvalue weighted by Gasteiger charge is -2.28. The van der Waals surface area contributed by atoms with Crippen LogP contribution >= 0.6 is 0 Å². The van der Waals surface area contributed by atoms with Crippen LogP contribution in [0.2, 0.25) is 19.6 Å². The number of nitrogens with zero attached hydrogens (tertiary/aromatic N) is 2. The Balaban J connectivity index is 2.58. The number of aliphatic hydroxyl groups excluding tert-OH is 1. The molecule has 1 heterocycles. The van der Waals surface area contributed by atoms with Gasteiger partial charge in [-0.05, 0) is 17.8 Å². The molecular weight excluding hydrogens is 216 g/mol. The van der Waals surface area contributed by atoms with Crippen molar-refractivity contribution in [3.8, 4) is 0 Å². The predicted octanol–water partition coefficient (Wildman–Crippen LogP) is 1.75. The van der Waals surface area contributed by atoms with Gasteiger partial charge < -0.3 is 5.11 Å². The number of pyridine rings is 1. The third-order valence-corrected chi connectivity index (χ3v) is 3.64. The molecule has 1 N–H and O–H groups in total. The van der Waals surface area contributed by atoms with Gasteiger partial charge in [0, 0.05) is 25.5 Å². The van der Waals surface area contributed by atoms with Crippen molar-refractivity contribution in [3.05, 3.63) is 30.1 Å². The minimum absolute atomic E-state index is 0.227. The average Bonchev–Trinajstić information content (AvgIpc) is 2.17. The largest absolute Gasteiger partial charge is 0.395 e. The lowest BCUT2D eigenvalue weighted by Crippen LogP contribution is -2.41. The second-order valence-corrected chi connectivity index (χ2v) is 10.8. The van der Waals surface area contributed by atoms with E-state index in [1.54, 1.807) is 6.20 Å². The summed E-state index contributed by atoms with van der Waals surface area (Å²) >= 11 is 0. The Morgan fingerprint density at radius 1 is 1.38 bits per heavy atom. The van der Waals surface area contributed by atoms with Crippen LogP contribution in [0.5, 0.6) is 0 Å². The molecule has 0 aromatic carbocycles. The fourth-order valence-corrected chi connectivity index (χ4v) is 3.39. The molecule has 1 aromatic rings. The summed E-state index contributed by atoms with van der Waals surface area (Å²) in [4.78, 5) is 6.44. The van der Waals surface area contributed by atoms with Crippen LogP contribution in [0, 0.1) is 0 Å². The minimum Gasteiger partial charge on any atom is -0.395 e. The van der Waals surface area contributed by atoms with Gasteiger partial charge in [-0.3, -0.25) is 9.88 Å². The Kier molecular flexibility index (Phi) is 5.11. The lowest BCUT2D eigenvalue weighted by atomic mass is 10.3. The van der Waals surface area contributed by atoms with E-state index in [0.717, 1.165) is 19.3 Å². The maximum Gasteiger partial charge on any atom is 0.0599 e. The zero-order chi connectivity index (χ0) is 12.0. The molecule has 0 saturated heterocycles. The molecule has 0 aliphatic rings. The number of aliphatic hydroxyl groups is 1. The summed E-state index contributed by atoms with van der Waals surface area (Å²) < 4.78 is 0. The summed E-state index contributed by atoms with van der Waals surface area (Å²) in [5.41, 5.74) is 1.22. The van der Waals surface area contributed by atoms with E-state index >= 15 is 0 Å². The molecule has 0 aliphatic carbocycles. The Morgan fingerprint density at radius 2 is 2.12 bits per heavy atom. The average molecular weight is 238 g/mol. The van der Waals surface area contributed by atoms with Crippen LogP contribution < -0.4 is 0 Å². The molecule has 1 rings (SSSR count). The highest BCUT2D eigenvalue weighted by Crippen LogP contribution is 2.08. The Labute approximate surface area is 99.1 Å². The fraction of sp³-hybridized carbons (Fsp3) is 0.583. The second-order valence-electron chi connectivity index (χ2n) is 5.36. The zero-order valence-electron chi connectivity index (χ0n) is 10.5. The van der Waals surface area contributed by atoms with Gasteiger partial charge in [-0.15, -0.1) is 0 Å². The number of aromatic nitrogens is 1. The number of rotatable bonds is 6. The van der Waals surface area contributed by atoms with Crippen molar-refractivity contribution in [2.75, 3.05) is 19.3 Å². The van der Waals surface area contributed by atoms with Gasteiger partial charge in [0.1, 0.15) is 0 Å². The summed E-state index contributed by atoms with van der Waals surface area (Å²) in [5, 5.41) is 9.07. The quantitative estimate of drug-likeness (QED) is 0.767. The van der Waals surface area contributed by atoms with Gasteiger partial charge in [0.25, 0.3) is 0 Å². The number of hydrogen-bond donors (Lipinski definition) is 1. The highest BCUT2D eigenvalue weighted by molar-refractivity contribution is 6.76. The minimum atomic E-state index is -1.12. The van der Waals surface area contributed by atoms with Crippen LogP contribution in [0.3, 0.4) is 0 Å². The third kappa shape index (κ3) is 5.39. The molecule has 0 saturated carbocycles. The smallest absolute Gasteiger partial charge is 0.0599 e. The molecule has 0 radical (unpaired) electrons. The van der Waals surface area contributed by atoms with Crippen LogP contribution in [0.15, 0.2) is 24.5 Å². The molecule has 0 unspecified atom stereocenters. The van der Waals surface area contributed by atoms with Gasteiger partial charge in [0.15, 0.2) is 0 Å². The third-order valence-electron chi connectivity index (χ3n) is 2.24. The molecule has 0 amide bonds. The van der Waals surface area contributed by atoms with Crippen molar-refractivity contribution < 1.29 is 5.11 Å². The fourth-order valence-electron chi connectivity index (χ4n) is 1.78. The van der Waals surface area contributed by atoms with Crippen molar-refractivity contribution in [2.45, 2.75) is 26.2 Å². The molecule has 0 bridgehead atoms. The van der Waals surface area contributed by atoms with E-state index in [1.165, 1.54) is 5.56 Å². The Hall–Kier alpha value is -0.713. The predicted molar refractivity (Wildman–Crippen MR) is 69.9 cm³/mol. The molecule has 1 aromatic heterocycles. The maximum absolute atomic E-state index is 9.07. The van der Waals surface area contributed by atoms with E-state index in [0.29, 0.717) is 0 Å². The van der Waals surface area contributed by atoms with Gasteiger partial charge in [0.05, 0.1) is 14.7 Å². The van der Waals surface area contributed by atoms with E-state index in [1.807, 2.05) is 12.3 Å². The number of hydrogen-bond acceptors (Lipinski definition) is 3. The van der Waals surface area contributed by atoms with Gasteiger partial charge >= 0.3 is 0 Å². The van der Waals surface area contributed by atoms with Crippen LogP contribution in [-0.2, 0) is 6.54 Å². The van der Waals surface area contributed by atoms with Crippen molar-refractivity contribution in [1.29, 1.82) is 0 Å². The van der Waals surface area contributed by atoms with Gasteiger partial charge in [-0.1, -0.05) is 25.7 Å². The highest BCUT2D eigenvalue weighted by Gasteiger charge is 2.18. The van der Waals surface area contributed by atoms with Crippen LogP contribution in [0.25, 0.3) is 0 Å². The molecular formula is C12H22N2OSi. The van der Waals surface area contributed by atoms with E-state index in [2.05, 4.69) is 35.6 Å². The molecule has 3 nitrogen and oxygen atoms in total. The van der Waals surface area contributed by atoms with Gasteiger partial charge in [0.2, 0.25) is 0 Å². The molecule has 0 spiro atoms. The standard InChI is InChI=1S/C12H22N2OSi/c1-16(2,3)11-14(7-8-15)10-12-5-4-6-13-9-12/h4-6,9,15H,7-8,10-11H2,1-3H3. The Bertz CT molecular complexity index is 298. The SMILES string of the molecule is C[Si](C)(C)CN(CCO)Cc1cccnc1. The summed E-state index contributed by atoms with van der Waals surface area (Å²) in [6.45, 7) is 8.91. The van der Waals surface area contributed by atoms with Crippen molar-refractivity contribution in [1.82, 2.24) is 9.88 Å². The van der Waals surface area contributed by atoms with Crippen LogP contribution in [0.4, 0.5) is 0 Å². The lowest BCUT2D eigenvalue weighted by molar-refractivity contribution is 0.207. The molecule has 0 fully saturated rings. The monoisotopic (exact) mass is 238 g/mol. The topological polar surface area (TPSA) is 36.4 Å². The second kappa shape index (κ2) is 6.13. The van der Waals surface area contributed by atoms with Gasteiger partial charge in [-0.25, -0.2) is 0 Å². The molecule has 16 heavy (non-hydrogen) atoms. The summed E-state index contributed by atoms with van der Waals surface area (Å²) in [6, 6.07) is 4.04. The summed E-state index contributed by atoms with van der Waals surface area (Å²) in [7, 11) is -1.12. The summed E-state index contributed by atoms with van der Waals surface area (Å²) in [5.74, 6) is 0. The molecule has 0 atom stereocenters. The summed E-state index contributed by atoms with van der Waals surface area (Å²) in [6.07, 6.45) is 4.80. The van der Waals surface area contributed by atoms with Gasteiger partial charge in [-0.2, -0.15) is 0 Å². The molecule has 90 valence electrons. The zero-order valence-corrected chi connectivity index (χ0v) is 11.5. The first-order chi connectivity index (χ1) is 7.51. The molecule has 4 heteroatoms. The van der Waals surface area contributed by atoms with Crippen molar-refractivity contribution in [3.63, 3.8) is 0 Å². The van der Waals surface area contributed by atoms with E-state index in [9.17, 15) is 0 Å². The van der Waals surface area contributed by atoms with E-state index in [4.69, 9.17) is 5.11 Å². The normalized spacial score (nSPS) is 12.1. The Morgan fingerprint density at radius 3 is 2.62 bits per heavy atom. The van der Waals surface area contributed by atoms with E-state index in [-0.39, 0.29) is 6.61 Å². The van der Waals surface area contributed by atoms with Crippen LogP contribution in [-0.4, -0.2) is 42.4 Å². The first-order valence-corrected chi connectivity index (χ1v) is 9.44. The maximum atomic E-state index is 9.07. The van der Waals surface area contributed by atoms with Crippen molar-refractivity contribution >= 4 is 8.07 Å².